The number of carbonyl (C=O) groups excluding carboxylic acids is 3. The van der Waals surface area contributed by atoms with E-state index in [0.29, 0.717) is 32.5 Å². The number of fused-ring (bicyclic) bond motifs is 1. The van der Waals surface area contributed by atoms with Gasteiger partial charge in [0.1, 0.15) is 16.7 Å². The minimum absolute atomic E-state index is 0.00419. The lowest BCUT2D eigenvalue weighted by molar-refractivity contribution is -0.114. The van der Waals surface area contributed by atoms with Crippen LogP contribution in [0.1, 0.15) is 27.6 Å². The number of nitrogens with one attached hydrogen (secondary N) is 1. The molecule has 0 aliphatic carbocycles. The Kier molecular flexibility index (Phi) is 4.77. The number of aromatic nitrogens is 3. The number of hydrogen-bond acceptors (Lipinski definition) is 6. The fourth-order valence-corrected chi connectivity index (χ4v) is 4.64. The number of halogens is 1. The van der Waals surface area contributed by atoms with Crippen LogP contribution in [0.15, 0.2) is 66.7 Å². The Balaban J connectivity index is 1.49. The fraction of sp³-hybridized carbons (Fsp3) is 0.0385. The van der Waals surface area contributed by atoms with Crippen LogP contribution in [0.5, 0.6) is 5.75 Å². The van der Waals surface area contributed by atoms with Crippen molar-refractivity contribution in [1.29, 1.82) is 0 Å². The number of rotatable bonds is 3. The molecule has 0 radical (unpaired) electrons. The summed E-state index contributed by atoms with van der Waals surface area (Å²) in [5, 5.41) is 24.2. The smallest absolute Gasteiger partial charge is 0.266 e. The minimum Gasteiger partial charge on any atom is -0.504 e. The van der Waals surface area contributed by atoms with Gasteiger partial charge in [0.2, 0.25) is 5.91 Å². The van der Waals surface area contributed by atoms with Gasteiger partial charge in [-0.05, 0) is 48.5 Å². The van der Waals surface area contributed by atoms with E-state index in [-0.39, 0.29) is 34.2 Å². The van der Waals surface area contributed by atoms with Gasteiger partial charge < -0.3 is 10.4 Å². The van der Waals surface area contributed by atoms with Crippen LogP contribution in [0, 0.1) is 0 Å². The first kappa shape index (κ1) is 21.8. The van der Waals surface area contributed by atoms with Crippen molar-refractivity contribution in [2.75, 3.05) is 10.2 Å². The molecule has 0 fully saturated rings. The Hall–Kier alpha value is -4.76. The van der Waals surface area contributed by atoms with E-state index in [2.05, 4.69) is 15.5 Å². The summed E-state index contributed by atoms with van der Waals surface area (Å²) in [5.74, 6) is -1.81. The van der Waals surface area contributed by atoms with E-state index in [1.165, 1.54) is 17.8 Å². The van der Waals surface area contributed by atoms with Crippen molar-refractivity contribution in [3.05, 3.63) is 82.9 Å². The first-order chi connectivity index (χ1) is 17.3. The van der Waals surface area contributed by atoms with Crippen LogP contribution in [0.2, 0.25) is 5.02 Å². The highest BCUT2D eigenvalue weighted by atomic mass is 35.5. The quantitative estimate of drug-likeness (QED) is 0.349. The number of phenolic OH excluding ortho intramolecular Hbond substituents is 1. The Bertz CT molecular complexity index is 1760. The van der Waals surface area contributed by atoms with E-state index in [9.17, 15) is 19.5 Å². The summed E-state index contributed by atoms with van der Waals surface area (Å²) in [6.07, 6.45) is 0. The molecule has 36 heavy (non-hydrogen) atoms. The van der Waals surface area contributed by atoms with Gasteiger partial charge in [0.05, 0.1) is 5.69 Å². The van der Waals surface area contributed by atoms with Gasteiger partial charge in [-0.25, -0.2) is 4.90 Å². The molecule has 0 spiro atoms. The molecule has 10 heteroatoms. The van der Waals surface area contributed by atoms with Gasteiger partial charge in [-0.3, -0.25) is 14.4 Å². The molecular weight excluding hydrogens is 482 g/mol. The SMILES string of the molecule is CC(=O)Nc1ccc2c3c(cccc13)C(=O)N(c1cccc(-n3nc4ccc(Cl)cc4n3)c1O)C2=O. The molecule has 0 bridgehead atoms. The molecule has 1 aliphatic heterocycles. The topological polar surface area (TPSA) is 117 Å². The normalized spacial score (nSPS) is 13.0. The highest BCUT2D eigenvalue weighted by Gasteiger charge is 2.36. The Morgan fingerprint density at radius 2 is 1.58 bits per heavy atom. The van der Waals surface area contributed by atoms with Gasteiger partial charge in [0.15, 0.2) is 5.75 Å². The van der Waals surface area contributed by atoms with Crippen LogP contribution in [-0.2, 0) is 4.79 Å². The zero-order valence-corrected chi connectivity index (χ0v) is 19.4. The summed E-state index contributed by atoms with van der Waals surface area (Å²) < 4.78 is 0. The standard InChI is InChI=1S/C26H16ClN5O4/c1-13(33)28-18-11-9-17-23-15(18)4-2-5-16(23)25(35)31(26(17)36)21-6-3-7-22(24(21)34)32-29-19-10-8-14(27)12-20(19)30-32/h2-12,34H,1H3,(H,28,33). The van der Waals surface area contributed by atoms with Crippen molar-refractivity contribution in [1.82, 2.24) is 15.0 Å². The van der Waals surface area contributed by atoms with Crippen LogP contribution in [0.3, 0.4) is 0 Å². The molecule has 4 aromatic carbocycles. The van der Waals surface area contributed by atoms with E-state index >= 15 is 0 Å². The number of amides is 3. The predicted molar refractivity (Wildman–Crippen MR) is 135 cm³/mol. The van der Waals surface area contributed by atoms with Crippen molar-refractivity contribution in [3.8, 4) is 11.4 Å². The molecular formula is C26H16ClN5O4. The molecule has 2 N–H and O–H groups in total. The summed E-state index contributed by atoms with van der Waals surface area (Å²) in [6, 6.07) is 17.9. The number of phenols is 1. The Morgan fingerprint density at radius 3 is 2.36 bits per heavy atom. The summed E-state index contributed by atoms with van der Waals surface area (Å²) in [5.41, 5.74) is 2.31. The molecule has 1 aliphatic rings. The van der Waals surface area contributed by atoms with E-state index in [1.807, 2.05) is 0 Å². The molecule has 0 unspecified atom stereocenters. The maximum Gasteiger partial charge on any atom is 0.266 e. The van der Waals surface area contributed by atoms with Crippen molar-refractivity contribution < 1.29 is 19.5 Å². The molecule has 9 nitrogen and oxygen atoms in total. The lowest BCUT2D eigenvalue weighted by Crippen LogP contribution is -2.40. The molecule has 1 aromatic heterocycles. The first-order valence-electron chi connectivity index (χ1n) is 10.9. The average molecular weight is 498 g/mol. The summed E-state index contributed by atoms with van der Waals surface area (Å²) in [4.78, 5) is 41.0. The second-order valence-corrected chi connectivity index (χ2v) is 8.72. The zero-order valence-electron chi connectivity index (χ0n) is 18.7. The van der Waals surface area contributed by atoms with E-state index in [1.54, 1.807) is 60.7 Å². The maximum atomic E-state index is 13.6. The molecule has 2 heterocycles. The van der Waals surface area contributed by atoms with Gasteiger partial charge >= 0.3 is 0 Å². The summed E-state index contributed by atoms with van der Waals surface area (Å²) in [6.45, 7) is 1.38. The molecule has 0 atom stereocenters. The second-order valence-electron chi connectivity index (χ2n) is 8.28. The number of para-hydroxylation sites is 1. The number of imide groups is 1. The molecule has 0 saturated heterocycles. The van der Waals surface area contributed by atoms with E-state index in [0.717, 1.165) is 4.90 Å². The van der Waals surface area contributed by atoms with Crippen LogP contribution in [-0.4, -0.2) is 37.8 Å². The third kappa shape index (κ3) is 3.21. The predicted octanol–water partition coefficient (Wildman–Crippen LogP) is 4.69. The molecule has 5 aromatic rings. The first-order valence-corrected chi connectivity index (χ1v) is 11.3. The fourth-order valence-electron chi connectivity index (χ4n) is 4.47. The third-order valence-electron chi connectivity index (χ3n) is 6.01. The van der Waals surface area contributed by atoms with Gasteiger partial charge in [0.25, 0.3) is 11.8 Å². The van der Waals surface area contributed by atoms with Gasteiger partial charge in [-0.1, -0.05) is 29.8 Å². The van der Waals surface area contributed by atoms with E-state index < -0.39 is 11.8 Å². The lowest BCUT2D eigenvalue weighted by Gasteiger charge is -2.28. The lowest BCUT2D eigenvalue weighted by atomic mass is 9.92. The van der Waals surface area contributed by atoms with Gasteiger partial charge in [0, 0.05) is 39.5 Å². The highest BCUT2D eigenvalue weighted by molar-refractivity contribution is 6.37. The second kappa shape index (κ2) is 7.89. The number of anilines is 2. The highest BCUT2D eigenvalue weighted by Crippen LogP contribution is 2.40. The third-order valence-corrected chi connectivity index (χ3v) is 6.25. The van der Waals surface area contributed by atoms with Crippen LogP contribution in [0.4, 0.5) is 11.4 Å². The summed E-state index contributed by atoms with van der Waals surface area (Å²) in [7, 11) is 0. The maximum absolute atomic E-state index is 13.6. The van der Waals surface area contributed by atoms with Gasteiger partial charge in [-0.15, -0.1) is 15.0 Å². The number of carbonyl (C=O) groups is 3. The number of nitrogens with zero attached hydrogens (tertiary/aromatic N) is 4. The number of hydrogen-bond donors (Lipinski definition) is 2. The van der Waals surface area contributed by atoms with Crippen molar-refractivity contribution in [2.45, 2.75) is 6.92 Å². The molecule has 0 saturated carbocycles. The molecule has 3 amide bonds. The Morgan fingerprint density at radius 1 is 0.889 bits per heavy atom. The van der Waals surface area contributed by atoms with Crippen LogP contribution < -0.4 is 10.2 Å². The summed E-state index contributed by atoms with van der Waals surface area (Å²) >= 11 is 6.04. The largest absolute Gasteiger partial charge is 0.504 e. The molecule has 6 rings (SSSR count). The number of benzene rings is 4. The zero-order chi connectivity index (χ0) is 25.1. The Labute approximate surface area is 208 Å². The van der Waals surface area contributed by atoms with Crippen molar-refractivity contribution in [3.63, 3.8) is 0 Å². The minimum atomic E-state index is -0.601. The van der Waals surface area contributed by atoms with Crippen LogP contribution >= 0.6 is 11.6 Å². The van der Waals surface area contributed by atoms with Crippen LogP contribution in [0.25, 0.3) is 27.5 Å². The van der Waals surface area contributed by atoms with Crippen molar-refractivity contribution in [2.24, 2.45) is 0 Å². The van der Waals surface area contributed by atoms with Gasteiger partial charge in [-0.2, -0.15) is 0 Å². The van der Waals surface area contributed by atoms with E-state index in [4.69, 9.17) is 11.6 Å². The molecule has 176 valence electrons. The average Bonchev–Trinajstić information content (AvgIpc) is 3.27. The van der Waals surface area contributed by atoms with Crippen molar-refractivity contribution >= 4 is 62.5 Å². The monoisotopic (exact) mass is 497 g/mol. The number of aromatic hydroxyl groups is 1.